The second kappa shape index (κ2) is 5.24. The van der Waals surface area contributed by atoms with Gasteiger partial charge in [0.05, 0.1) is 4.91 Å². The number of rotatable bonds is 3. The summed E-state index contributed by atoms with van der Waals surface area (Å²) in [6.07, 6.45) is 3.72. The molecular weight excluding hydrogens is 158 g/mol. The summed E-state index contributed by atoms with van der Waals surface area (Å²) in [5.74, 6) is 0.0231. The molecule has 0 aromatic carbocycles. The first-order valence-corrected chi connectivity index (χ1v) is 4.85. The average molecular weight is 173 g/mol. The van der Waals surface area contributed by atoms with Crippen LogP contribution in [-0.4, -0.2) is 18.2 Å². The Morgan fingerprint density at radius 1 is 1.55 bits per heavy atom. The zero-order valence-electron chi connectivity index (χ0n) is 7.47. The van der Waals surface area contributed by atoms with Gasteiger partial charge in [-0.3, -0.25) is 4.79 Å². The standard InChI is InChI=1S/C8H15NOS/c1-5-7(11-4)8(10)9-6(2)3/h5-6H,1-4H3,(H,9,10)/b7-5-. The average Bonchev–Trinajstić information content (AvgIpc) is 1.88. The number of allylic oxidation sites excluding steroid dienone is 1. The molecular formula is C8H15NOS. The van der Waals surface area contributed by atoms with Gasteiger partial charge in [0.15, 0.2) is 0 Å². The molecule has 1 N–H and O–H groups in total. The van der Waals surface area contributed by atoms with Crippen LogP contribution in [0.15, 0.2) is 11.0 Å². The molecule has 0 rings (SSSR count). The lowest BCUT2D eigenvalue weighted by atomic mass is 10.4. The van der Waals surface area contributed by atoms with E-state index in [1.54, 1.807) is 0 Å². The van der Waals surface area contributed by atoms with Crippen LogP contribution in [-0.2, 0) is 4.79 Å². The number of carbonyl (C=O) groups excluding carboxylic acids is 1. The molecule has 0 fully saturated rings. The van der Waals surface area contributed by atoms with Crippen LogP contribution in [0.25, 0.3) is 0 Å². The summed E-state index contributed by atoms with van der Waals surface area (Å²) in [7, 11) is 0. The van der Waals surface area contributed by atoms with Crippen molar-refractivity contribution in [3.05, 3.63) is 11.0 Å². The normalized spacial score (nSPS) is 11.9. The van der Waals surface area contributed by atoms with E-state index in [-0.39, 0.29) is 11.9 Å². The molecule has 0 unspecified atom stereocenters. The molecule has 0 saturated heterocycles. The highest BCUT2D eigenvalue weighted by molar-refractivity contribution is 8.03. The molecule has 0 aliphatic carbocycles. The quantitative estimate of drug-likeness (QED) is 0.659. The summed E-state index contributed by atoms with van der Waals surface area (Å²) >= 11 is 1.47. The van der Waals surface area contributed by atoms with Crippen LogP contribution in [0.3, 0.4) is 0 Å². The number of hydrogen-bond donors (Lipinski definition) is 1. The van der Waals surface area contributed by atoms with Gasteiger partial charge < -0.3 is 5.32 Å². The van der Waals surface area contributed by atoms with Gasteiger partial charge in [0.1, 0.15) is 0 Å². The van der Waals surface area contributed by atoms with Crippen LogP contribution in [0.4, 0.5) is 0 Å². The minimum absolute atomic E-state index is 0.0231. The first-order chi connectivity index (χ1) is 5.11. The molecule has 2 nitrogen and oxygen atoms in total. The largest absolute Gasteiger partial charge is 0.349 e. The Bertz CT molecular complexity index is 163. The van der Waals surface area contributed by atoms with Gasteiger partial charge in [-0.2, -0.15) is 0 Å². The zero-order chi connectivity index (χ0) is 8.85. The molecule has 64 valence electrons. The van der Waals surface area contributed by atoms with Crippen LogP contribution in [0, 0.1) is 0 Å². The Morgan fingerprint density at radius 2 is 2.09 bits per heavy atom. The maximum absolute atomic E-state index is 11.2. The van der Waals surface area contributed by atoms with E-state index in [9.17, 15) is 4.79 Å². The highest BCUT2D eigenvalue weighted by Crippen LogP contribution is 2.10. The Hall–Kier alpha value is -0.440. The molecule has 1 amide bonds. The molecule has 0 spiro atoms. The molecule has 11 heavy (non-hydrogen) atoms. The maximum atomic E-state index is 11.2. The van der Waals surface area contributed by atoms with E-state index in [4.69, 9.17) is 0 Å². The van der Waals surface area contributed by atoms with E-state index in [2.05, 4.69) is 5.32 Å². The van der Waals surface area contributed by atoms with E-state index < -0.39 is 0 Å². The minimum Gasteiger partial charge on any atom is -0.349 e. The fraction of sp³-hybridized carbons (Fsp3) is 0.625. The van der Waals surface area contributed by atoms with Crippen molar-refractivity contribution in [3.8, 4) is 0 Å². The SMILES string of the molecule is C/C=C(\SC)C(=O)NC(C)C. The molecule has 0 atom stereocenters. The van der Waals surface area contributed by atoms with Gasteiger partial charge in [0, 0.05) is 6.04 Å². The minimum atomic E-state index is 0.0231. The predicted molar refractivity (Wildman–Crippen MR) is 50.6 cm³/mol. The number of nitrogens with one attached hydrogen (secondary N) is 1. The predicted octanol–water partition coefficient (Wildman–Crippen LogP) is 1.78. The van der Waals surface area contributed by atoms with Gasteiger partial charge in [-0.05, 0) is 27.0 Å². The Labute approximate surface area is 72.4 Å². The van der Waals surface area contributed by atoms with E-state index in [0.717, 1.165) is 4.91 Å². The van der Waals surface area contributed by atoms with Crippen molar-refractivity contribution in [1.29, 1.82) is 0 Å². The molecule has 0 aromatic rings. The number of hydrogen-bond acceptors (Lipinski definition) is 2. The van der Waals surface area contributed by atoms with E-state index in [1.165, 1.54) is 11.8 Å². The van der Waals surface area contributed by atoms with Crippen molar-refractivity contribution in [1.82, 2.24) is 5.32 Å². The Balaban J connectivity index is 4.02. The third-order valence-corrected chi connectivity index (χ3v) is 1.99. The van der Waals surface area contributed by atoms with Crippen LogP contribution >= 0.6 is 11.8 Å². The van der Waals surface area contributed by atoms with Gasteiger partial charge in [0.25, 0.3) is 5.91 Å². The second-order valence-electron chi connectivity index (χ2n) is 2.49. The lowest BCUT2D eigenvalue weighted by Gasteiger charge is -2.08. The smallest absolute Gasteiger partial charge is 0.257 e. The van der Waals surface area contributed by atoms with Gasteiger partial charge in [-0.25, -0.2) is 0 Å². The monoisotopic (exact) mass is 173 g/mol. The van der Waals surface area contributed by atoms with E-state index in [0.29, 0.717) is 0 Å². The van der Waals surface area contributed by atoms with Crippen molar-refractivity contribution < 1.29 is 4.79 Å². The first-order valence-electron chi connectivity index (χ1n) is 3.63. The lowest BCUT2D eigenvalue weighted by molar-refractivity contribution is -0.117. The van der Waals surface area contributed by atoms with Gasteiger partial charge in [-0.15, -0.1) is 11.8 Å². The van der Waals surface area contributed by atoms with Crippen LogP contribution in [0.1, 0.15) is 20.8 Å². The third kappa shape index (κ3) is 4.09. The fourth-order valence-corrected chi connectivity index (χ4v) is 1.15. The Morgan fingerprint density at radius 3 is 2.36 bits per heavy atom. The van der Waals surface area contributed by atoms with Gasteiger partial charge >= 0.3 is 0 Å². The van der Waals surface area contributed by atoms with E-state index >= 15 is 0 Å². The lowest BCUT2D eigenvalue weighted by Crippen LogP contribution is -2.30. The van der Waals surface area contributed by atoms with Crippen molar-refractivity contribution in [2.24, 2.45) is 0 Å². The first kappa shape index (κ1) is 10.6. The van der Waals surface area contributed by atoms with Gasteiger partial charge in [0.2, 0.25) is 0 Å². The summed E-state index contributed by atoms with van der Waals surface area (Å²) in [6.45, 7) is 5.77. The van der Waals surface area contributed by atoms with Crippen molar-refractivity contribution >= 4 is 17.7 Å². The van der Waals surface area contributed by atoms with Crippen LogP contribution < -0.4 is 5.32 Å². The summed E-state index contributed by atoms with van der Waals surface area (Å²) in [5.41, 5.74) is 0. The van der Waals surface area contributed by atoms with Crippen molar-refractivity contribution in [2.45, 2.75) is 26.8 Å². The molecule has 3 heteroatoms. The summed E-state index contributed by atoms with van der Waals surface area (Å²) in [6, 6.07) is 0.213. The van der Waals surface area contributed by atoms with E-state index in [1.807, 2.05) is 33.1 Å². The second-order valence-corrected chi connectivity index (χ2v) is 3.33. The van der Waals surface area contributed by atoms with Crippen molar-refractivity contribution in [3.63, 3.8) is 0 Å². The fourth-order valence-electron chi connectivity index (χ4n) is 0.675. The number of thioether (sulfide) groups is 1. The van der Waals surface area contributed by atoms with Crippen LogP contribution in [0.2, 0.25) is 0 Å². The van der Waals surface area contributed by atoms with Crippen LogP contribution in [0.5, 0.6) is 0 Å². The molecule has 0 aliphatic heterocycles. The molecule has 0 aromatic heterocycles. The molecule has 0 saturated carbocycles. The summed E-state index contributed by atoms with van der Waals surface area (Å²) in [5, 5.41) is 2.82. The highest BCUT2D eigenvalue weighted by atomic mass is 32.2. The zero-order valence-corrected chi connectivity index (χ0v) is 8.29. The number of carbonyl (C=O) groups is 1. The topological polar surface area (TPSA) is 29.1 Å². The third-order valence-electron chi connectivity index (χ3n) is 1.13. The number of amides is 1. The summed E-state index contributed by atoms with van der Waals surface area (Å²) in [4.78, 5) is 12.0. The highest BCUT2D eigenvalue weighted by Gasteiger charge is 2.06. The molecule has 0 radical (unpaired) electrons. The van der Waals surface area contributed by atoms with Gasteiger partial charge in [-0.1, -0.05) is 6.08 Å². The maximum Gasteiger partial charge on any atom is 0.257 e. The summed E-state index contributed by atoms with van der Waals surface area (Å²) < 4.78 is 0. The van der Waals surface area contributed by atoms with Crippen molar-refractivity contribution in [2.75, 3.05) is 6.26 Å². The molecule has 0 heterocycles. The molecule has 0 bridgehead atoms. The molecule has 0 aliphatic rings. The Kier molecular flexibility index (Phi) is 5.03.